The molecule has 4 nitrogen and oxygen atoms in total. The van der Waals surface area contributed by atoms with Crippen LogP contribution in [0.2, 0.25) is 0 Å². The largest absolute Gasteiger partial charge is 0.437 e. The molecular formula is C10H8BrN3O. The SMILES string of the molecule is Nc1cncnc1Oc1ccc(Br)cc1. The van der Waals surface area contributed by atoms with E-state index in [0.717, 1.165) is 4.47 Å². The van der Waals surface area contributed by atoms with Crippen LogP contribution in [0, 0.1) is 0 Å². The summed E-state index contributed by atoms with van der Waals surface area (Å²) in [7, 11) is 0. The Kier molecular flexibility index (Phi) is 2.82. The standard InChI is InChI=1S/C10H8BrN3O/c11-7-1-3-8(4-2-7)15-10-9(12)5-13-6-14-10/h1-6H,12H2. The van der Waals surface area contributed by atoms with E-state index < -0.39 is 0 Å². The van der Waals surface area contributed by atoms with Gasteiger partial charge in [0, 0.05) is 4.47 Å². The van der Waals surface area contributed by atoms with Crippen molar-refractivity contribution < 1.29 is 4.74 Å². The number of aromatic nitrogens is 2. The molecule has 0 atom stereocenters. The molecular weight excluding hydrogens is 258 g/mol. The third kappa shape index (κ3) is 2.44. The molecule has 2 rings (SSSR count). The Bertz CT molecular complexity index is 458. The van der Waals surface area contributed by atoms with Crippen molar-refractivity contribution in [2.45, 2.75) is 0 Å². The lowest BCUT2D eigenvalue weighted by atomic mass is 10.3. The highest BCUT2D eigenvalue weighted by molar-refractivity contribution is 9.10. The van der Waals surface area contributed by atoms with Gasteiger partial charge in [-0.25, -0.2) is 4.98 Å². The number of nitrogens with two attached hydrogens (primary N) is 1. The molecule has 2 N–H and O–H groups in total. The molecule has 15 heavy (non-hydrogen) atoms. The first-order valence-corrected chi connectivity index (χ1v) is 5.04. The minimum absolute atomic E-state index is 0.368. The molecule has 0 aliphatic rings. The molecule has 0 unspecified atom stereocenters. The predicted octanol–water partition coefficient (Wildman–Crippen LogP) is 2.61. The summed E-state index contributed by atoms with van der Waals surface area (Å²) in [6.45, 7) is 0. The Hall–Kier alpha value is -1.62. The molecule has 0 saturated heterocycles. The van der Waals surface area contributed by atoms with Gasteiger partial charge in [0.15, 0.2) is 0 Å². The number of nitrogens with zero attached hydrogens (tertiary/aromatic N) is 2. The maximum Gasteiger partial charge on any atom is 0.245 e. The van der Waals surface area contributed by atoms with Gasteiger partial charge in [-0.15, -0.1) is 0 Å². The van der Waals surface area contributed by atoms with Crippen molar-refractivity contribution >= 4 is 21.6 Å². The molecule has 0 amide bonds. The van der Waals surface area contributed by atoms with Gasteiger partial charge in [0.25, 0.3) is 0 Å². The van der Waals surface area contributed by atoms with E-state index in [0.29, 0.717) is 17.3 Å². The fraction of sp³-hybridized carbons (Fsp3) is 0. The van der Waals surface area contributed by atoms with Gasteiger partial charge < -0.3 is 10.5 Å². The Morgan fingerprint density at radius 3 is 2.60 bits per heavy atom. The monoisotopic (exact) mass is 265 g/mol. The lowest BCUT2D eigenvalue weighted by Crippen LogP contribution is -1.95. The summed E-state index contributed by atoms with van der Waals surface area (Å²) in [6.07, 6.45) is 2.89. The minimum Gasteiger partial charge on any atom is -0.437 e. The number of hydrogen-bond acceptors (Lipinski definition) is 4. The number of benzene rings is 1. The fourth-order valence-corrected chi connectivity index (χ4v) is 1.29. The summed E-state index contributed by atoms with van der Waals surface area (Å²) in [6, 6.07) is 7.41. The van der Waals surface area contributed by atoms with E-state index in [1.807, 2.05) is 24.3 Å². The molecule has 0 aliphatic carbocycles. The van der Waals surface area contributed by atoms with Crippen LogP contribution in [0.4, 0.5) is 5.69 Å². The first kappa shape index (κ1) is 9.92. The zero-order valence-corrected chi connectivity index (χ0v) is 9.31. The average molecular weight is 266 g/mol. The topological polar surface area (TPSA) is 61.0 Å². The molecule has 1 heterocycles. The first-order valence-electron chi connectivity index (χ1n) is 4.24. The van der Waals surface area contributed by atoms with E-state index in [2.05, 4.69) is 25.9 Å². The quantitative estimate of drug-likeness (QED) is 0.907. The van der Waals surface area contributed by atoms with Crippen LogP contribution >= 0.6 is 15.9 Å². The van der Waals surface area contributed by atoms with Crippen molar-refractivity contribution in [3.63, 3.8) is 0 Å². The Balaban J connectivity index is 2.22. The fourth-order valence-electron chi connectivity index (χ4n) is 1.03. The van der Waals surface area contributed by atoms with Gasteiger partial charge >= 0.3 is 0 Å². The van der Waals surface area contributed by atoms with Crippen molar-refractivity contribution in [3.8, 4) is 11.6 Å². The highest BCUT2D eigenvalue weighted by atomic mass is 79.9. The van der Waals surface area contributed by atoms with Gasteiger partial charge in [-0.3, -0.25) is 0 Å². The van der Waals surface area contributed by atoms with Crippen LogP contribution in [0.1, 0.15) is 0 Å². The smallest absolute Gasteiger partial charge is 0.245 e. The third-order valence-electron chi connectivity index (χ3n) is 1.73. The van der Waals surface area contributed by atoms with E-state index in [-0.39, 0.29) is 0 Å². The number of ether oxygens (including phenoxy) is 1. The normalized spacial score (nSPS) is 9.93. The number of hydrogen-bond donors (Lipinski definition) is 1. The van der Waals surface area contributed by atoms with E-state index >= 15 is 0 Å². The molecule has 0 spiro atoms. The molecule has 5 heteroatoms. The minimum atomic E-state index is 0.368. The predicted molar refractivity (Wildman–Crippen MR) is 60.7 cm³/mol. The lowest BCUT2D eigenvalue weighted by Gasteiger charge is -2.05. The van der Waals surface area contributed by atoms with E-state index in [4.69, 9.17) is 10.5 Å². The molecule has 1 aromatic carbocycles. The van der Waals surface area contributed by atoms with Gasteiger partial charge in [0.1, 0.15) is 17.8 Å². The summed E-state index contributed by atoms with van der Waals surface area (Å²) in [5.41, 5.74) is 6.06. The first-order chi connectivity index (χ1) is 7.25. The van der Waals surface area contributed by atoms with Crippen molar-refractivity contribution in [2.75, 3.05) is 5.73 Å². The molecule has 1 aromatic heterocycles. The number of rotatable bonds is 2. The second kappa shape index (κ2) is 4.27. The van der Waals surface area contributed by atoms with Crippen molar-refractivity contribution in [1.29, 1.82) is 0 Å². The number of halogens is 1. The van der Waals surface area contributed by atoms with Crippen LogP contribution in [0.5, 0.6) is 11.6 Å². The Morgan fingerprint density at radius 2 is 1.93 bits per heavy atom. The van der Waals surface area contributed by atoms with Gasteiger partial charge in [-0.2, -0.15) is 4.98 Å². The lowest BCUT2D eigenvalue weighted by molar-refractivity contribution is 0.464. The van der Waals surface area contributed by atoms with Crippen molar-refractivity contribution in [2.24, 2.45) is 0 Å². The molecule has 76 valence electrons. The summed E-state index contributed by atoms with van der Waals surface area (Å²) >= 11 is 3.34. The van der Waals surface area contributed by atoms with E-state index in [1.165, 1.54) is 12.5 Å². The number of anilines is 1. The summed E-state index contributed by atoms with van der Waals surface area (Å²) in [5, 5.41) is 0. The molecule has 2 aromatic rings. The van der Waals surface area contributed by atoms with Crippen LogP contribution in [-0.2, 0) is 0 Å². The Labute approximate surface area is 95.2 Å². The maximum absolute atomic E-state index is 5.64. The second-order valence-corrected chi connectivity index (χ2v) is 3.75. The van der Waals surface area contributed by atoms with Crippen LogP contribution < -0.4 is 10.5 Å². The van der Waals surface area contributed by atoms with Crippen molar-refractivity contribution in [3.05, 3.63) is 41.3 Å². The summed E-state index contributed by atoms with van der Waals surface area (Å²) < 4.78 is 6.46. The molecule has 0 saturated carbocycles. The summed E-state index contributed by atoms with van der Waals surface area (Å²) in [4.78, 5) is 7.70. The zero-order chi connectivity index (χ0) is 10.7. The molecule has 0 bridgehead atoms. The third-order valence-corrected chi connectivity index (χ3v) is 2.26. The van der Waals surface area contributed by atoms with Crippen LogP contribution in [0.3, 0.4) is 0 Å². The second-order valence-electron chi connectivity index (χ2n) is 2.84. The average Bonchev–Trinajstić information content (AvgIpc) is 2.25. The number of nitrogen functional groups attached to an aromatic ring is 1. The van der Waals surface area contributed by atoms with Gasteiger partial charge in [0.05, 0.1) is 6.20 Å². The van der Waals surface area contributed by atoms with Crippen molar-refractivity contribution in [1.82, 2.24) is 9.97 Å². The molecule has 0 fully saturated rings. The van der Waals surface area contributed by atoms with E-state index in [1.54, 1.807) is 0 Å². The van der Waals surface area contributed by atoms with Crippen LogP contribution in [0.25, 0.3) is 0 Å². The summed E-state index contributed by atoms with van der Waals surface area (Å²) in [5.74, 6) is 1.05. The zero-order valence-electron chi connectivity index (χ0n) is 7.72. The Morgan fingerprint density at radius 1 is 1.20 bits per heavy atom. The van der Waals surface area contributed by atoms with Gasteiger partial charge in [0.2, 0.25) is 5.88 Å². The van der Waals surface area contributed by atoms with Crippen LogP contribution in [0.15, 0.2) is 41.3 Å². The highest BCUT2D eigenvalue weighted by Crippen LogP contribution is 2.24. The van der Waals surface area contributed by atoms with Gasteiger partial charge in [-0.05, 0) is 24.3 Å². The highest BCUT2D eigenvalue weighted by Gasteiger charge is 2.02. The van der Waals surface area contributed by atoms with Crippen LogP contribution in [-0.4, -0.2) is 9.97 Å². The van der Waals surface area contributed by atoms with Gasteiger partial charge in [-0.1, -0.05) is 15.9 Å². The molecule has 0 aliphatic heterocycles. The molecule has 0 radical (unpaired) electrons. The van der Waals surface area contributed by atoms with E-state index in [9.17, 15) is 0 Å². The maximum atomic E-state index is 5.64.